The normalized spacial score (nSPS) is 13.7. The molecule has 5 heteroatoms. The molecule has 3 N–H and O–H groups in total. The van der Waals surface area contributed by atoms with Gasteiger partial charge in [0.25, 0.3) is 0 Å². The third-order valence-corrected chi connectivity index (χ3v) is 2.87. The summed E-state index contributed by atoms with van der Waals surface area (Å²) in [5.74, 6) is 0.704. The summed E-state index contributed by atoms with van der Waals surface area (Å²) < 4.78 is 11.0. The quantitative estimate of drug-likeness (QED) is 0.421. The van der Waals surface area contributed by atoms with E-state index in [1.165, 1.54) is 0 Å². The van der Waals surface area contributed by atoms with E-state index >= 15 is 0 Å². The number of nitrogens with one attached hydrogen (secondary N) is 1. The van der Waals surface area contributed by atoms with Gasteiger partial charge in [-0.15, -0.1) is 6.58 Å². The van der Waals surface area contributed by atoms with Gasteiger partial charge in [-0.25, -0.2) is 0 Å². The van der Waals surface area contributed by atoms with Crippen LogP contribution in [0.25, 0.3) is 0 Å². The first-order valence-corrected chi connectivity index (χ1v) is 7.09. The summed E-state index contributed by atoms with van der Waals surface area (Å²) in [4.78, 5) is 0. The third-order valence-electron chi connectivity index (χ3n) is 2.87. The molecule has 0 bridgehead atoms. The minimum absolute atomic E-state index is 0.0387. The van der Waals surface area contributed by atoms with E-state index in [0.29, 0.717) is 25.5 Å². The molecule has 21 heavy (non-hydrogen) atoms. The molecule has 5 nitrogen and oxygen atoms in total. The summed E-state index contributed by atoms with van der Waals surface area (Å²) in [6.07, 6.45) is 1.06. The van der Waals surface area contributed by atoms with Crippen molar-refractivity contribution in [3.63, 3.8) is 0 Å². The molecule has 2 unspecified atom stereocenters. The third kappa shape index (κ3) is 7.24. The first kappa shape index (κ1) is 17.7. The Bertz CT molecular complexity index is 411. The van der Waals surface area contributed by atoms with Gasteiger partial charge in [-0.2, -0.15) is 0 Å². The van der Waals surface area contributed by atoms with E-state index in [0.717, 1.165) is 5.56 Å². The standard InChI is InChI=1S/C16H25NO4/c1-3-8-20-11-14-6-4-5-7-16(14)21-12-15(19)9-17-13(2)10-18/h3-7,13,15,17-19H,1,8-12H2,2H3. The molecule has 0 spiro atoms. The Kier molecular flexibility index (Phi) is 8.69. The first-order valence-electron chi connectivity index (χ1n) is 7.09. The molecular formula is C16H25NO4. The van der Waals surface area contributed by atoms with E-state index in [1.807, 2.05) is 31.2 Å². The molecule has 0 heterocycles. The summed E-state index contributed by atoms with van der Waals surface area (Å²) in [6, 6.07) is 7.53. The molecule has 0 aliphatic rings. The van der Waals surface area contributed by atoms with Crippen molar-refractivity contribution < 1.29 is 19.7 Å². The van der Waals surface area contributed by atoms with E-state index in [1.54, 1.807) is 6.08 Å². The SMILES string of the molecule is C=CCOCc1ccccc1OCC(O)CNC(C)CO. The number of para-hydroxylation sites is 1. The van der Waals surface area contributed by atoms with E-state index in [2.05, 4.69) is 11.9 Å². The fourth-order valence-corrected chi connectivity index (χ4v) is 1.66. The average molecular weight is 295 g/mol. The van der Waals surface area contributed by atoms with Crippen molar-refractivity contribution in [2.75, 3.05) is 26.4 Å². The van der Waals surface area contributed by atoms with Crippen molar-refractivity contribution in [1.82, 2.24) is 5.32 Å². The lowest BCUT2D eigenvalue weighted by molar-refractivity contribution is 0.0971. The molecule has 1 aromatic rings. The molecule has 2 atom stereocenters. The molecule has 0 aliphatic heterocycles. The van der Waals surface area contributed by atoms with Crippen molar-refractivity contribution in [3.8, 4) is 5.75 Å². The number of hydrogen-bond donors (Lipinski definition) is 3. The van der Waals surface area contributed by atoms with E-state index in [4.69, 9.17) is 14.6 Å². The molecule has 0 saturated carbocycles. The van der Waals surface area contributed by atoms with Crippen LogP contribution < -0.4 is 10.1 Å². The van der Waals surface area contributed by atoms with E-state index < -0.39 is 6.10 Å². The number of aliphatic hydroxyl groups excluding tert-OH is 2. The van der Waals surface area contributed by atoms with Crippen LogP contribution in [-0.2, 0) is 11.3 Å². The zero-order chi connectivity index (χ0) is 15.5. The maximum Gasteiger partial charge on any atom is 0.124 e. The molecule has 1 aromatic carbocycles. The molecule has 0 fully saturated rings. The Balaban J connectivity index is 2.41. The van der Waals surface area contributed by atoms with Gasteiger partial charge in [-0.1, -0.05) is 24.3 Å². The maximum absolute atomic E-state index is 9.85. The molecule has 0 radical (unpaired) electrons. The lowest BCUT2D eigenvalue weighted by Gasteiger charge is -2.17. The van der Waals surface area contributed by atoms with Crippen LogP contribution in [0.5, 0.6) is 5.75 Å². The first-order chi connectivity index (χ1) is 10.2. The molecule has 0 aromatic heterocycles. The van der Waals surface area contributed by atoms with Crippen LogP contribution in [0.4, 0.5) is 0 Å². The second-order valence-corrected chi connectivity index (χ2v) is 4.87. The van der Waals surface area contributed by atoms with Crippen molar-refractivity contribution in [1.29, 1.82) is 0 Å². The van der Waals surface area contributed by atoms with Gasteiger partial charge in [0.2, 0.25) is 0 Å². The lowest BCUT2D eigenvalue weighted by atomic mass is 10.2. The molecule has 0 saturated heterocycles. The fourth-order valence-electron chi connectivity index (χ4n) is 1.66. The Morgan fingerprint density at radius 2 is 2.14 bits per heavy atom. The largest absolute Gasteiger partial charge is 0.490 e. The summed E-state index contributed by atoms with van der Waals surface area (Å²) in [5, 5.41) is 21.8. The van der Waals surface area contributed by atoms with Crippen molar-refractivity contribution in [3.05, 3.63) is 42.5 Å². The van der Waals surface area contributed by atoms with E-state index in [-0.39, 0.29) is 19.3 Å². The zero-order valence-electron chi connectivity index (χ0n) is 12.5. The minimum atomic E-state index is -0.638. The van der Waals surface area contributed by atoms with Gasteiger partial charge in [0.1, 0.15) is 18.5 Å². The molecular weight excluding hydrogens is 270 g/mol. The summed E-state index contributed by atoms with van der Waals surface area (Å²) >= 11 is 0. The van der Waals surface area contributed by atoms with E-state index in [9.17, 15) is 5.11 Å². The fraction of sp³-hybridized carbons (Fsp3) is 0.500. The molecule has 118 valence electrons. The van der Waals surface area contributed by atoms with Gasteiger partial charge in [-0.3, -0.25) is 0 Å². The molecule has 1 rings (SSSR count). The lowest BCUT2D eigenvalue weighted by Crippen LogP contribution is -2.38. The van der Waals surface area contributed by atoms with Crippen LogP contribution in [0.1, 0.15) is 12.5 Å². The zero-order valence-corrected chi connectivity index (χ0v) is 12.5. The minimum Gasteiger partial charge on any atom is -0.490 e. The van der Waals surface area contributed by atoms with Gasteiger partial charge in [0, 0.05) is 18.2 Å². The highest BCUT2D eigenvalue weighted by Crippen LogP contribution is 2.19. The number of aliphatic hydroxyl groups is 2. The van der Waals surface area contributed by atoms with Crippen LogP contribution in [0, 0.1) is 0 Å². The molecule has 0 amide bonds. The second kappa shape index (κ2) is 10.3. The van der Waals surface area contributed by atoms with Gasteiger partial charge in [-0.05, 0) is 13.0 Å². The number of rotatable bonds is 11. The number of ether oxygens (including phenoxy) is 2. The van der Waals surface area contributed by atoms with Gasteiger partial charge in [0.15, 0.2) is 0 Å². The monoisotopic (exact) mass is 295 g/mol. The maximum atomic E-state index is 9.85. The van der Waals surface area contributed by atoms with Crippen LogP contribution in [0.3, 0.4) is 0 Å². The highest BCUT2D eigenvalue weighted by molar-refractivity contribution is 5.32. The summed E-state index contributed by atoms with van der Waals surface area (Å²) in [5.41, 5.74) is 0.934. The Hall–Kier alpha value is -1.40. The number of benzene rings is 1. The van der Waals surface area contributed by atoms with Crippen molar-refractivity contribution >= 4 is 0 Å². The van der Waals surface area contributed by atoms with Crippen molar-refractivity contribution in [2.24, 2.45) is 0 Å². The topological polar surface area (TPSA) is 71.0 Å². The average Bonchev–Trinajstić information content (AvgIpc) is 2.51. The van der Waals surface area contributed by atoms with Crippen LogP contribution >= 0.6 is 0 Å². The highest BCUT2D eigenvalue weighted by atomic mass is 16.5. The highest BCUT2D eigenvalue weighted by Gasteiger charge is 2.09. The Morgan fingerprint density at radius 1 is 1.38 bits per heavy atom. The number of hydrogen-bond acceptors (Lipinski definition) is 5. The predicted molar refractivity (Wildman–Crippen MR) is 82.3 cm³/mol. The Labute approximate surface area is 126 Å². The van der Waals surface area contributed by atoms with Crippen LogP contribution in [0.2, 0.25) is 0 Å². The van der Waals surface area contributed by atoms with Crippen LogP contribution in [-0.4, -0.2) is 48.7 Å². The molecule has 0 aliphatic carbocycles. The van der Waals surface area contributed by atoms with Gasteiger partial charge >= 0.3 is 0 Å². The van der Waals surface area contributed by atoms with Crippen LogP contribution in [0.15, 0.2) is 36.9 Å². The summed E-state index contributed by atoms with van der Waals surface area (Å²) in [6.45, 7) is 6.97. The van der Waals surface area contributed by atoms with Crippen molar-refractivity contribution in [2.45, 2.75) is 25.7 Å². The second-order valence-electron chi connectivity index (χ2n) is 4.87. The smallest absolute Gasteiger partial charge is 0.124 e. The van der Waals surface area contributed by atoms with Gasteiger partial charge in [0.05, 0.1) is 19.8 Å². The van der Waals surface area contributed by atoms with Gasteiger partial charge < -0.3 is 25.0 Å². The summed E-state index contributed by atoms with van der Waals surface area (Å²) in [7, 11) is 0. The predicted octanol–water partition coefficient (Wildman–Crippen LogP) is 1.10. The Morgan fingerprint density at radius 3 is 2.86 bits per heavy atom.